The van der Waals surface area contributed by atoms with Gasteiger partial charge >= 0.3 is 5.97 Å². The van der Waals surface area contributed by atoms with Crippen molar-refractivity contribution in [1.82, 2.24) is 4.98 Å². The summed E-state index contributed by atoms with van der Waals surface area (Å²) in [6.07, 6.45) is 0. The molecule has 0 unspecified atom stereocenters. The highest BCUT2D eigenvalue weighted by molar-refractivity contribution is 7.13. The minimum absolute atomic E-state index is 0.0895. The second-order valence-electron chi connectivity index (χ2n) is 5.85. The fraction of sp³-hybridized carbons (Fsp3) is 0.238. The number of hydrogen-bond donors (Lipinski definition) is 1. The van der Waals surface area contributed by atoms with Crippen LogP contribution in [0.25, 0.3) is 0 Å². The Balaban J connectivity index is 1.42. The van der Waals surface area contributed by atoms with Crippen LogP contribution in [0, 0.1) is 0 Å². The van der Waals surface area contributed by atoms with E-state index in [2.05, 4.69) is 10.3 Å². The first-order chi connectivity index (χ1) is 14.2. The van der Waals surface area contributed by atoms with Crippen LogP contribution >= 0.6 is 11.3 Å². The summed E-state index contributed by atoms with van der Waals surface area (Å²) in [6.45, 7) is 2.43. The van der Waals surface area contributed by atoms with Gasteiger partial charge in [-0.05, 0) is 55.5 Å². The summed E-state index contributed by atoms with van der Waals surface area (Å²) in [5.74, 6) is 1.65. The summed E-state index contributed by atoms with van der Waals surface area (Å²) in [7, 11) is 1.63. The Morgan fingerprint density at radius 2 is 1.66 bits per heavy atom. The lowest BCUT2D eigenvalue weighted by molar-refractivity contribution is -0.147. The lowest BCUT2D eigenvalue weighted by Gasteiger charge is -2.07. The molecule has 0 bridgehead atoms. The Morgan fingerprint density at radius 3 is 2.31 bits per heavy atom. The van der Waals surface area contributed by atoms with Crippen molar-refractivity contribution < 1.29 is 23.7 Å². The molecule has 3 aromatic rings. The third-order valence-electron chi connectivity index (χ3n) is 3.77. The van der Waals surface area contributed by atoms with Gasteiger partial charge in [-0.3, -0.25) is 0 Å². The van der Waals surface area contributed by atoms with Crippen LogP contribution in [0.4, 0.5) is 10.8 Å². The Morgan fingerprint density at radius 1 is 1.00 bits per heavy atom. The Hall–Kier alpha value is -3.26. The summed E-state index contributed by atoms with van der Waals surface area (Å²) in [6, 6.07) is 14.6. The molecule has 0 amide bonds. The molecular formula is C21H22N2O5S. The molecule has 1 heterocycles. The normalized spacial score (nSPS) is 10.3. The van der Waals surface area contributed by atoms with Crippen LogP contribution in [0.2, 0.25) is 0 Å². The van der Waals surface area contributed by atoms with Gasteiger partial charge < -0.3 is 24.3 Å². The molecule has 0 saturated heterocycles. The van der Waals surface area contributed by atoms with Crippen LogP contribution in [0.5, 0.6) is 17.2 Å². The smallest absolute Gasteiger partial charge is 0.344 e. The summed E-state index contributed by atoms with van der Waals surface area (Å²) in [4.78, 5) is 16.3. The number of nitrogens with zero attached hydrogens (tertiary/aromatic N) is 1. The molecule has 0 atom stereocenters. The van der Waals surface area contributed by atoms with E-state index in [9.17, 15) is 4.79 Å². The monoisotopic (exact) mass is 414 g/mol. The number of benzene rings is 2. The van der Waals surface area contributed by atoms with E-state index in [0.29, 0.717) is 23.2 Å². The predicted molar refractivity (Wildman–Crippen MR) is 111 cm³/mol. The highest BCUT2D eigenvalue weighted by Gasteiger charge is 2.08. The molecule has 7 nitrogen and oxygen atoms in total. The van der Waals surface area contributed by atoms with E-state index >= 15 is 0 Å². The third kappa shape index (κ3) is 6.39. The lowest BCUT2D eigenvalue weighted by atomic mass is 10.3. The molecule has 0 aliphatic carbocycles. The van der Waals surface area contributed by atoms with Gasteiger partial charge in [0.25, 0.3) is 0 Å². The van der Waals surface area contributed by atoms with Gasteiger partial charge in [0.15, 0.2) is 11.7 Å². The fourth-order valence-corrected chi connectivity index (χ4v) is 3.08. The zero-order chi connectivity index (χ0) is 20.5. The maximum atomic E-state index is 11.9. The zero-order valence-corrected chi connectivity index (χ0v) is 17.0. The van der Waals surface area contributed by atoms with Crippen molar-refractivity contribution in [2.75, 3.05) is 25.6 Å². The van der Waals surface area contributed by atoms with Gasteiger partial charge in [-0.15, -0.1) is 11.3 Å². The molecule has 29 heavy (non-hydrogen) atoms. The van der Waals surface area contributed by atoms with Gasteiger partial charge in [0.1, 0.15) is 23.9 Å². The summed E-state index contributed by atoms with van der Waals surface area (Å²) < 4.78 is 21.1. The van der Waals surface area contributed by atoms with Crippen LogP contribution in [-0.4, -0.2) is 31.3 Å². The first-order valence-corrected chi connectivity index (χ1v) is 9.91. The standard InChI is InChI=1S/C21H22N2O5S/c1-3-26-18-8-10-19(11-9-18)27-13-20(24)28-12-16-14-29-21(23-16)22-15-4-6-17(25-2)7-5-15/h4-11,14H,3,12-13H2,1-2H3,(H,22,23). The fourth-order valence-electron chi connectivity index (χ4n) is 2.37. The lowest BCUT2D eigenvalue weighted by Crippen LogP contribution is -2.14. The quantitative estimate of drug-likeness (QED) is 0.492. The SMILES string of the molecule is CCOc1ccc(OCC(=O)OCc2csc(Nc3ccc(OC)cc3)n2)cc1. The van der Waals surface area contributed by atoms with Gasteiger partial charge in [-0.2, -0.15) is 0 Å². The molecule has 152 valence electrons. The molecule has 2 aromatic carbocycles. The van der Waals surface area contributed by atoms with Crippen LogP contribution in [0.15, 0.2) is 53.9 Å². The number of aromatic nitrogens is 1. The maximum absolute atomic E-state index is 11.9. The molecule has 0 saturated carbocycles. The first kappa shape index (κ1) is 20.5. The molecule has 0 aliphatic heterocycles. The molecule has 8 heteroatoms. The van der Waals surface area contributed by atoms with E-state index in [4.69, 9.17) is 18.9 Å². The third-order valence-corrected chi connectivity index (χ3v) is 4.57. The van der Waals surface area contributed by atoms with Crippen LogP contribution in [0.1, 0.15) is 12.6 Å². The van der Waals surface area contributed by atoms with Crippen molar-refractivity contribution in [3.8, 4) is 17.2 Å². The van der Waals surface area contributed by atoms with E-state index in [1.807, 2.05) is 36.6 Å². The van der Waals surface area contributed by atoms with Crippen molar-refractivity contribution in [2.45, 2.75) is 13.5 Å². The van der Waals surface area contributed by atoms with Crippen molar-refractivity contribution in [3.05, 3.63) is 59.6 Å². The van der Waals surface area contributed by atoms with E-state index in [-0.39, 0.29) is 13.2 Å². The number of carbonyl (C=O) groups excluding carboxylic acids is 1. The highest BCUT2D eigenvalue weighted by atomic mass is 32.1. The Bertz CT molecular complexity index is 910. The van der Waals surface area contributed by atoms with Crippen molar-refractivity contribution in [1.29, 1.82) is 0 Å². The van der Waals surface area contributed by atoms with E-state index in [1.165, 1.54) is 11.3 Å². The summed E-state index contributed by atoms with van der Waals surface area (Å²) in [5, 5.41) is 5.75. The van der Waals surface area contributed by atoms with Crippen LogP contribution in [0.3, 0.4) is 0 Å². The number of anilines is 2. The van der Waals surface area contributed by atoms with Crippen molar-refractivity contribution in [2.24, 2.45) is 0 Å². The number of nitrogens with one attached hydrogen (secondary N) is 1. The first-order valence-electron chi connectivity index (χ1n) is 9.03. The molecular weight excluding hydrogens is 392 g/mol. The number of hydrogen-bond acceptors (Lipinski definition) is 8. The highest BCUT2D eigenvalue weighted by Crippen LogP contribution is 2.23. The summed E-state index contributed by atoms with van der Waals surface area (Å²) >= 11 is 1.43. The summed E-state index contributed by atoms with van der Waals surface area (Å²) in [5.41, 5.74) is 1.56. The van der Waals surface area contributed by atoms with E-state index < -0.39 is 5.97 Å². The number of rotatable bonds is 10. The largest absolute Gasteiger partial charge is 0.497 e. The Kier molecular flexibility index (Phi) is 7.29. The molecule has 3 rings (SSSR count). The molecule has 1 aromatic heterocycles. The number of carbonyl (C=O) groups is 1. The van der Waals surface area contributed by atoms with E-state index in [0.717, 1.165) is 17.2 Å². The number of esters is 1. The molecule has 0 fully saturated rings. The molecule has 1 N–H and O–H groups in total. The van der Waals surface area contributed by atoms with Crippen molar-refractivity contribution >= 4 is 28.1 Å². The average molecular weight is 414 g/mol. The van der Waals surface area contributed by atoms with Crippen molar-refractivity contribution in [3.63, 3.8) is 0 Å². The second kappa shape index (κ2) is 10.3. The van der Waals surface area contributed by atoms with Crippen LogP contribution in [-0.2, 0) is 16.1 Å². The van der Waals surface area contributed by atoms with Crippen LogP contribution < -0.4 is 19.5 Å². The zero-order valence-electron chi connectivity index (χ0n) is 16.2. The minimum Gasteiger partial charge on any atom is -0.497 e. The number of methoxy groups -OCH3 is 1. The van der Waals surface area contributed by atoms with Gasteiger partial charge in [0.2, 0.25) is 0 Å². The minimum atomic E-state index is -0.462. The maximum Gasteiger partial charge on any atom is 0.344 e. The van der Waals surface area contributed by atoms with Gasteiger partial charge in [-0.25, -0.2) is 9.78 Å². The predicted octanol–water partition coefficient (Wildman–Crippen LogP) is 4.42. The topological polar surface area (TPSA) is 78.9 Å². The van der Waals surface area contributed by atoms with E-state index in [1.54, 1.807) is 31.4 Å². The van der Waals surface area contributed by atoms with Gasteiger partial charge in [0, 0.05) is 11.1 Å². The number of ether oxygens (including phenoxy) is 4. The average Bonchev–Trinajstić information content (AvgIpc) is 3.20. The molecule has 0 aliphatic rings. The number of thiazole rings is 1. The van der Waals surface area contributed by atoms with Gasteiger partial charge in [-0.1, -0.05) is 0 Å². The molecule has 0 spiro atoms. The Labute approximate surface area is 173 Å². The second-order valence-corrected chi connectivity index (χ2v) is 6.71. The molecule has 0 radical (unpaired) electrons. The van der Waals surface area contributed by atoms with Gasteiger partial charge in [0.05, 0.1) is 19.4 Å².